The molecular formula is C19H18ClN7O2S. The summed E-state index contributed by atoms with van der Waals surface area (Å²) in [4.78, 5) is 17.4. The third-order valence-corrected chi connectivity index (χ3v) is 6.39. The highest BCUT2D eigenvalue weighted by atomic mass is 35.5. The molecule has 4 heterocycles. The fourth-order valence-electron chi connectivity index (χ4n) is 3.57. The molecule has 0 bridgehead atoms. The molecule has 0 aliphatic carbocycles. The lowest BCUT2D eigenvalue weighted by molar-refractivity contribution is 0.00724. The standard InChI is InChI=1S/C19H18ClN7O2S/c20-15-5-1-11-7-13(3-4-14(11)26-15)30(28)25-8-12-2-6-16(29-12)27-10-24-17-18(21)22-9-23-19(17)27/h1,3-5,7,9-10,12,16,25H,2,6,8H2,(H2,21,22,23). The maximum atomic E-state index is 12.7. The second-order valence-electron chi connectivity index (χ2n) is 6.98. The number of pyridine rings is 1. The fraction of sp³-hybridized carbons (Fsp3) is 0.263. The number of aromatic nitrogens is 5. The second-order valence-corrected chi connectivity index (χ2v) is 8.66. The van der Waals surface area contributed by atoms with Gasteiger partial charge >= 0.3 is 0 Å². The Bertz CT molecular complexity index is 1260. The molecule has 3 N–H and O–H groups in total. The molecule has 9 nitrogen and oxygen atoms in total. The van der Waals surface area contributed by atoms with Crippen LogP contribution in [-0.4, -0.2) is 41.4 Å². The molecule has 3 aromatic heterocycles. The Hall–Kier alpha value is -2.66. The zero-order valence-electron chi connectivity index (χ0n) is 15.7. The van der Waals surface area contributed by atoms with Crippen LogP contribution in [0.1, 0.15) is 19.1 Å². The van der Waals surface area contributed by atoms with Crippen molar-refractivity contribution in [3.63, 3.8) is 0 Å². The van der Waals surface area contributed by atoms with E-state index < -0.39 is 11.0 Å². The summed E-state index contributed by atoms with van der Waals surface area (Å²) in [7, 11) is -1.36. The molecule has 1 fully saturated rings. The number of anilines is 1. The van der Waals surface area contributed by atoms with E-state index >= 15 is 0 Å². The molecule has 1 aliphatic rings. The van der Waals surface area contributed by atoms with Crippen LogP contribution in [0, 0.1) is 0 Å². The Labute approximate surface area is 179 Å². The van der Waals surface area contributed by atoms with Gasteiger partial charge in [-0.15, -0.1) is 0 Å². The average molecular weight is 444 g/mol. The van der Waals surface area contributed by atoms with Gasteiger partial charge in [-0.05, 0) is 43.2 Å². The number of hydrogen-bond donors (Lipinski definition) is 2. The Morgan fingerprint density at radius 2 is 2.13 bits per heavy atom. The van der Waals surface area contributed by atoms with E-state index in [9.17, 15) is 4.21 Å². The summed E-state index contributed by atoms with van der Waals surface area (Å²) in [6, 6.07) is 9.03. The summed E-state index contributed by atoms with van der Waals surface area (Å²) in [6.07, 6.45) is 4.45. The first-order valence-electron chi connectivity index (χ1n) is 9.38. The Kier molecular flexibility index (Phi) is 5.07. The van der Waals surface area contributed by atoms with Gasteiger partial charge < -0.3 is 10.5 Å². The zero-order valence-corrected chi connectivity index (χ0v) is 17.3. The van der Waals surface area contributed by atoms with Gasteiger partial charge in [0, 0.05) is 11.9 Å². The predicted octanol–water partition coefficient (Wildman–Crippen LogP) is 2.60. The van der Waals surface area contributed by atoms with Crippen LogP contribution >= 0.6 is 11.6 Å². The van der Waals surface area contributed by atoms with E-state index in [0.29, 0.717) is 33.6 Å². The van der Waals surface area contributed by atoms with Crippen molar-refractivity contribution in [1.82, 2.24) is 29.2 Å². The Morgan fingerprint density at radius 3 is 3.03 bits per heavy atom. The van der Waals surface area contributed by atoms with Crippen molar-refractivity contribution < 1.29 is 8.95 Å². The number of nitrogens with two attached hydrogens (primary N) is 1. The van der Waals surface area contributed by atoms with Gasteiger partial charge in [-0.25, -0.2) is 28.9 Å². The van der Waals surface area contributed by atoms with Gasteiger partial charge in [0.25, 0.3) is 0 Å². The summed E-state index contributed by atoms with van der Waals surface area (Å²) in [5.41, 5.74) is 7.83. The van der Waals surface area contributed by atoms with Crippen molar-refractivity contribution >= 4 is 50.5 Å². The van der Waals surface area contributed by atoms with Crippen molar-refractivity contribution in [2.75, 3.05) is 12.3 Å². The highest BCUT2D eigenvalue weighted by Crippen LogP contribution is 2.30. The Balaban J connectivity index is 1.23. The van der Waals surface area contributed by atoms with Crippen molar-refractivity contribution in [2.24, 2.45) is 0 Å². The third kappa shape index (κ3) is 3.63. The minimum absolute atomic E-state index is 0.0727. The highest BCUT2D eigenvalue weighted by molar-refractivity contribution is 7.83. The van der Waals surface area contributed by atoms with Crippen LogP contribution in [0.2, 0.25) is 5.15 Å². The quantitative estimate of drug-likeness (QED) is 0.454. The molecule has 0 saturated carbocycles. The van der Waals surface area contributed by atoms with Crippen molar-refractivity contribution in [3.8, 4) is 0 Å². The monoisotopic (exact) mass is 443 g/mol. The largest absolute Gasteiger partial charge is 0.382 e. The number of hydrogen-bond acceptors (Lipinski definition) is 7. The molecule has 0 spiro atoms. The Morgan fingerprint density at radius 1 is 1.23 bits per heavy atom. The average Bonchev–Trinajstić information content (AvgIpc) is 3.39. The lowest BCUT2D eigenvalue weighted by atomic mass is 10.2. The van der Waals surface area contributed by atoms with Crippen molar-refractivity contribution in [3.05, 3.63) is 48.1 Å². The number of nitrogens with one attached hydrogen (secondary N) is 1. The van der Waals surface area contributed by atoms with E-state index in [-0.39, 0.29) is 12.3 Å². The lowest BCUT2D eigenvalue weighted by Crippen LogP contribution is -2.28. The maximum absolute atomic E-state index is 12.7. The summed E-state index contributed by atoms with van der Waals surface area (Å²) >= 11 is 5.92. The van der Waals surface area contributed by atoms with E-state index in [4.69, 9.17) is 22.1 Å². The van der Waals surface area contributed by atoms with Crippen LogP contribution in [0.4, 0.5) is 5.82 Å². The van der Waals surface area contributed by atoms with Gasteiger partial charge in [0.15, 0.2) is 11.5 Å². The van der Waals surface area contributed by atoms with E-state index in [1.165, 1.54) is 6.33 Å². The number of nitrogens with zero attached hydrogens (tertiary/aromatic N) is 5. The first-order valence-corrected chi connectivity index (χ1v) is 10.9. The SMILES string of the molecule is Nc1ncnc2c1ncn2C1CCC(CNS(=O)c2ccc3nc(Cl)ccc3c2)O1. The molecule has 11 heteroatoms. The topological polar surface area (TPSA) is 121 Å². The lowest BCUT2D eigenvalue weighted by Gasteiger charge is -2.15. The normalized spacial score (nSPS) is 20.2. The predicted molar refractivity (Wildman–Crippen MR) is 114 cm³/mol. The molecule has 1 aromatic carbocycles. The second kappa shape index (κ2) is 7.88. The van der Waals surface area contributed by atoms with Gasteiger partial charge in [0.2, 0.25) is 0 Å². The van der Waals surface area contributed by atoms with Gasteiger partial charge in [-0.1, -0.05) is 11.6 Å². The molecule has 3 unspecified atom stereocenters. The number of halogens is 1. The highest BCUT2D eigenvalue weighted by Gasteiger charge is 2.28. The van der Waals surface area contributed by atoms with Crippen molar-refractivity contribution in [1.29, 1.82) is 0 Å². The molecule has 30 heavy (non-hydrogen) atoms. The van der Waals surface area contributed by atoms with E-state index in [1.54, 1.807) is 18.5 Å². The summed E-state index contributed by atoms with van der Waals surface area (Å²) < 4.78 is 23.7. The van der Waals surface area contributed by atoms with Crippen molar-refractivity contribution in [2.45, 2.75) is 30.1 Å². The van der Waals surface area contributed by atoms with E-state index in [0.717, 1.165) is 23.7 Å². The number of rotatable bonds is 5. The number of imidazole rings is 1. The molecule has 5 rings (SSSR count). The minimum atomic E-state index is -1.36. The first kappa shape index (κ1) is 19.3. The van der Waals surface area contributed by atoms with E-state index in [1.807, 2.05) is 22.8 Å². The van der Waals surface area contributed by atoms with Gasteiger partial charge in [0.05, 0.1) is 22.8 Å². The molecular weight excluding hydrogens is 426 g/mol. The summed E-state index contributed by atoms with van der Waals surface area (Å²) in [5.74, 6) is 0.346. The maximum Gasteiger partial charge on any atom is 0.167 e. The fourth-order valence-corrected chi connectivity index (χ4v) is 4.65. The number of nitrogen functional groups attached to an aromatic ring is 1. The van der Waals surface area contributed by atoms with E-state index in [2.05, 4.69) is 24.7 Å². The first-order chi connectivity index (χ1) is 14.6. The smallest absolute Gasteiger partial charge is 0.167 e. The van der Waals surface area contributed by atoms with Crippen LogP contribution in [-0.2, 0) is 15.7 Å². The zero-order chi connectivity index (χ0) is 20.7. The molecule has 0 amide bonds. The molecule has 4 aromatic rings. The van der Waals surface area contributed by atoms with Crippen LogP contribution in [0.5, 0.6) is 0 Å². The molecule has 1 aliphatic heterocycles. The van der Waals surface area contributed by atoms with Crippen LogP contribution in [0.15, 0.2) is 47.9 Å². The van der Waals surface area contributed by atoms with Gasteiger partial charge in [-0.3, -0.25) is 4.57 Å². The van der Waals surface area contributed by atoms with Gasteiger partial charge in [-0.2, -0.15) is 0 Å². The third-order valence-electron chi connectivity index (χ3n) is 5.07. The summed E-state index contributed by atoms with van der Waals surface area (Å²) in [5, 5.41) is 1.32. The minimum Gasteiger partial charge on any atom is -0.382 e. The molecule has 154 valence electrons. The molecule has 1 saturated heterocycles. The number of fused-ring (bicyclic) bond motifs is 2. The van der Waals surface area contributed by atoms with Crippen LogP contribution in [0.25, 0.3) is 22.1 Å². The molecule has 3 atom stereocenters. The van der Waals surface area contributed by atoms with Gasteiger partial charge in [0.1, 0.15) is 34.2 Å². The number of benzene rings is 1. The molecule has 0 radical (unpaired) electrons. The number of ether oxygens (including phenoxy) is 1. The van der Waals surface area contributed by atoms with Crippen LogP contribution < -0.4 is 10.5 Å². The summed E-state index contributed by atoms with van der Waals surface area (Å²) in [6.45, 7) is 0.462. The van der Waals surface area contributed by atoms with Crippen LogP contribution in [0.3, 0.4) is 0 Å².